The standard InChI is InChI=1S/C17H21NO5S/c1-13(17(22-2)23-3)11-16(19)14-9-10-18(12-14)24(20,21)15-7-5-4-6-8-15/h4-10,12-13,17H,11H2,1-3H3. The van der Waals surface area contributed by atoms with Gasteiger partial charge in [0.2, 0.25) is 0 Å². The molecule has 0 aliphatic heterocycles. The van der Waals surface area contributed by atoms with Gasteiger partial charge in [-0.1, -0.05) is 25.1 Å². The Balaban J connectivity index is 2.17. The van der Waals surface area contributed by atoms with Crippen LogP contribution >= 0.6 is 0 Å². The van der Waals surface area contributed by atoms with E-state index in [1.807, 2.05) is 6.92 Å². The van der Waals surface area contributed by atoms with E-state index >= 15 is 0 Å². The second-order valence-corrected chi connectivity index (χ2v) is 7.34. The van der Waals surface area contributed by atoms with Crippen LogP contribution < -0.4 is 0 Å². The van der Waals surface area contributed by atoms with E-state index in [1.165, 1.54) is 44.8 Å². The first-order valence-electron chi connectivity index (χ1n) is 7.47. The SMILES string of the molecule is COC(OC)C(C)CC(=O)c1ccn(S(=O)(=O)c2ccccc2)c1. The number of ketones is 1. The first-order valence-corrected chi connectivity index (χ1v) is 8.91. The number of methoxy groups -OCH3 is 2. The Morgan fingerprint density at radius 1 is 1.12 bits per heavy atom. The van der Waals surface area contributed by atoms with Crippen LogP contribution in [0.3, 0.4) is 0 Å². The summed E-state index contributed by atoms with van der Waals surface area (Å²) in [6, 6.07) is 9.58. The Kier molecular flexibility index (Phi) is 5.93. The lowest BCUT2D eigenvalue weighted by Gasteiger charge is -2.20. The first-order chi connectivity index (χ1) is 11.4. The molecule has 1 aromatic carbocycles. The van der Waals surface area contributed by atoms with Crippen molar-refractivity contribution in [3.05, 3.63) is 54.4 Å². The summed E-state index contributed by atoms with van der Waals surface area (Å²) in [5, 5.41) is 0. The number of benzene rings is 1. The fourth-order valence-corrected chi connectivity index (χ4v) is 3.69. The van der Waals surface area contributed by atoms with Crippen LogP contribution in [0.15, 0.2) is 53.7 Å². The molecule has 1 unspecified atom stereocenters. The van der Waals surface area contributed by atoms with Crippen molar-refractivity contribution >= 4 is 15.8 Å². The molecule has 0 radical (unpaired) electrons. The van der Waals surface area contributed by atoms with Crippen molar-refractivity contribution in [1.82, 2.24) is 3.97 Å². The lowest BCUT2D eigenvalue weighted by atomic mass is 10.0. The molecule has 1 aromatic heterocycles. The van der Waals surface area contributed by atoms with Crippen LogP contribution in [0.2, 0.25) is 0 Å². The van der Waals surface area contributed by atoms with E-state index in [0.29, 0.717) is 5.56 Å². The van der Waals surface area contributed by atoms with Crippen molar-refractivity contribution in [3.8, 4) is 0 Å². The molecule has 0 amide bonds. The van der Waals surface area contributed by atoms with Crippen LogP contribution in [0.1, 0.15) is 23.7 Å². The molecule has 7 heteroatoms. The van der Waals surface area contributed by atoms with Crippen LogP contribution in [0.5, 0.6) is 0 Å². The van der Waals surface area contributed by atoms with Gasteiger partial charge in [0.25, 0.3) is 10.0 Å². The van der Waals surface area contributed by atoms with Crippen LogP contribution in [0.25, 0.3) is 0 Å². The van der Waals surface area contributed by atoms with Gasteiger partial charge in [0.1, 0.15) is 0 Å². The molecule has 0 aliphatic rings. The summed E-state index contributed by atoms with van der Waals surface area (Å²) in [6.07, 6.45) is 2.43. The molecule has 0 N–H and O–H groups in total. The molecule has 2 aromatic rings. The van der Waals surface area contributed by atoms with Crippen LogP contribution in [0, 0.1) is 5.92 Å². The fraction of sp³-hybridized carbons (Fsp3) is 0.353. The molecule has 0 saturated carbocycles. The van der Waals surface area contributed by atoms with Gasteiger partial charge in [0.05, 0.1) is 4.90 Å². The van der Waals surface area contributed by atoms with Gasteiger partial charge in [-0.3, -0.25) is 4.79 Å². The summed E-state index contributed by atoms with van der Waals surface area (Å²) >= 11 is 0. The van der Waals surface area contributed by atoms with Gasteiger partial charge in [-0.2, -0.15) is 0 Å². The maximum atomic E-state index is 12.5. The molecule has 24 heavy (non-hydrogen) atoms. The quantitative estimate of drug-likeness (QED) is 0.540. The summed E-state index contributed by atoms with van der Waals surface area (Å²) in [5.41, 5.74) is 0.340. The van der Waals surface area contributed by atoms with Crippen LogP contribution in [-0.4, -0.2) is 38.7 Å². The van der Waals surface area contributed by atoms with Crippen molar-refractivity contribution in [2.75, 3.05) is 14.2 Å². The highest BCUT2D eigenvalue weighted by atomic mass is 32.2. The summed E-state index contributed by atoms with van der Waals surface area (Å²) in [4.78, 5) is 12.5. The number of carbonyl (C=O) groups is 1. The minimum absolute atomic E-state index is 0.151. The molecule has 1 heterocycles. The third-order valence-electron chi connectivity index (χ3n) is 3.74. The van der Waals surface area contributed by atoms with Gasteiger partial charge in [0, 0.05) is 44.5 Å². The molecule has 2 rings (SSSR count). The Labute approximate surface area is 142 Å². The highest BCUT2D eigenvalue weighted by Gasteiger charge is 2.22. The molecular formula is C17H21NO5S. The zero-order valence-electron chi connectivity index (χ0n) is 13.9. The Hall–Kier alpha value is -1.96. The average molecular weight is 351 g/mol. The van der Waals surface area contributed by atoms with E-state index in [4.69, 9.17) is 9.47 Å². The number of rotatable bonds is 8. The average Bonchev–Trinajstić information content (AvgIpc) is 3.07. The maximum Gasteiger partial charge on any atom is 0.267 e. The second kappa shape index (κ2) is 7.74. The monoisotopic (exact) mass is 351 g/mol. The van der Waals surface area contributed by atoms with Gasteiger partial charge in [-0.05, 0) is 18.2 Å². The molecule has 0 bridgehead atoms. The molecule has 130 valence electrons. The topological polar surface area (TPSA) is 74.6 Å². The lowest BCUT2D eigenvalue weighted by Crippen LogP contribution is -2.24. The minimum Gasteiger partial charge on any atom is -0.356 e. The van der Waals surface area contributed by atoms with Gasteiger partial charge >= 0.3 is 0 Å². The number of aromatic nitrogens is 1. The summed E-state index contributed by atoms with van der Waals surface area (Å²) in [5.74, 6) is -0.315. The highest BCUT2D eigenvalue weighted by Crippen LogP contribution is 2.19. The molecule has 0 fully saturated rings. The van der Waals surface area contributed by atoms with Crippen molar-refractivity contribution in [3.63, 3.8) is 0 Å². The summed E-state index contributed by atoms with van der Waals surface area (Å²) in [6.45, 7) is 1.84. The third kappa shape index (κ3) is 3.92. The van der Waals surface area contributed by atoms with Crippen molar-refractivity contribution < 1.29 is 22.7 Å². The van der Waals surface area contributed by atoms with Gasteiger partial charge in [-0.15, -0.1) is 0 Å². The Morgan fingerprint density at radius 2 is 1.75 bits per heavy atom. The number of nitrogens with zero attached hydrogens (tertiary/aromatic N) is 1. The highest BCUT2D eigenvalue weighted by molar-refractivity contribution is 7.90. The van der Waals surface area contributed by atoms with Crippen LogP contribution in [-0.2, 0) is 19.5 Å². The normalized spacial score (nSPS) is 13.2. The fourth-order valence-electron chi connectivity index (χ4n) is 2.47. The van der Waals surface area contributed by atoms with Crippen molar-refractivity contribution in [2.24, 2.45) is 5.92 Å². The van der Waals surface area contributed by atoms with E-state index in [0.717, 1.165) is 3.97 Å². The molecule has 1 atom stereocenters. The molecule has 0 aliphatic carbocycles. The number of ether oxygens (including phenoxy) is 2. The van der Waals surface area contributed by atoms with Crippen molar-refractivity contribution in [1.29, 1.82) is 0 Å². The number of hydrogen-bond acceptors (Lipinski definition) is 5. The van der Waals surface area contributed by atoms with Crippen molar-refractivity contribution in [2.45, 2.75) is 24.5 Å². The molecule has 0 saturated heterocycles. The largest absolute Gasteiger partial charge is 0.356 e. The van der Waals surface area contributed by atoms with Gasteiger partial charge in [-0.25, -0.2) is 12.4 Å². The van der Waals surface area contributed by atoms with E-state index in [-0.39, 0.29) is 23.0 Å². The molecule has 6 nitrogen and oxygen atoms in total. The van der Waals surface area contributed by atoms with Gasteiger partial charge in [0.15, 0.2) is 12.1 Å². The lowest BCUT2D eigenvalue weighted by molar-refractivity contribution is -0.132. The minimum atomic E-state index is -3.69. The van der Waals surface area contributed by atoms with E-state index in [2.05, 4.69) is 0 Å². The zero-order valence-corrected chi connectivity index (χ0v) is 14.7. The van der Waals surface area contributed by atoms with E-state index in [9.17, 15) is 13.2 Å². The predicted molar refractivity (Wildman–Crippen MR) is 89.4 cm³/mol. The molecule has 0 spiro atoms. The number of hydrogen-bond donors (Lipinski definition) is 0. The zero-order chi connectivity index (χ0) is 17.7. The Morgan fingerprint density at radius 3 is 2.33 bits per heavy atom. The first kappa shape index (κ1) is 18.4. The smallest absolute Gasteiger partial charge is 0.267 e. The van der Waals surface area contributed by atoms with E-state index in [1.54, 1.807) is 18.2 Å². The maximum absolute atomic E-state index is 12.5. The number of Topliss-reactive ketones (excluding diaryl/α,β-unsaturated/α-hetero) is 1. The summed E-state index contributed by atoms with van der Waals surface area (Å²) in [7, 11) is -0.667. The van der Waals surface area contributed by atoms with Gasteiger partial charge < -0.3 is 9.47 Å². The third-order valence-corrected chi connectivity index (χ3v) is 5.39. The summed E-state index contributed by atoms with van der Waals surface area (Å²) < 4.78 is 36.3. The van der Waals surface area contributed by atoms with Crippen LogP contribution in [0.4, 0.5) is 0 Å². The predicted octanol–water partition coefficient (Wildman–Crippen LogP) is 2.55. The van der Waals surface area contributed by atoms with E-state index < -0.39 is 16.3 Å². The second-order valence-electron chi connectivity index (χ2n) is 5.49. The number of carbonyl (C=O) groups excluding carboxylic acids is 1. The molecular weight excluding hydrogens is 330 g/mol. The Bertz CT molecular complexity index is 778.